The molecule has 1 aromatic rings. The number of thiophene rings is 1. The van der Waals surface area contributed by atoms with Crippen molar-refractivity contribution in [3.05, 3.63) is 21.4 Å². The fraction of sp³-hybridized carbons (Fsp3) is 0.615. The fourth-order valence-electron chi connectivity index (χ4n) is 2.02. The highest BCUT2D eigenvalue weighted by Gasteiger charge is 2.16. The molecule has 18 heavy (non-hydrogen) atoms. The lowest BCUT2D eigenvalue weighted by atomic mass is 9.96. The third-order valence-corrected chi connectivity index (χ3v) is 3.65. The van der Waals surface area contributed by atoms with Gasteiger partial charge < -0.3 is 4.90 Å². The van der Waals surface area contributed by atoms with E-state index < -0.39 is 0 Å². The maximum atomic E-state index is 11.5. The van der Waals surface area contributed by atoms with Gasteiger partial charge in [-0.3, -0.25) is 10.2 Å². The summed E-state index contributed by atoms with van der Waals surface area (Å²) in [4.78, 5) is 15.6. The predicted molar refractivity (Wildman–Crippen MR) is 76.5 cm³/mol. The third-order valence-electron chi connectivity index (χ3n) is 2.56. The lowest BCUT2D eigenvalue weighted by Crippen LogP contribution is -2.29. The summed E-state index contributed by atoms with van der Waals surface area (Å²) in [7, 11) is 2.10. The summed E-state index contributed by atoms with van der Waals surface area (Å²) < 4.78 is 0. The van der Waals surface area contributed by atoms with Crippen molar-refractivity contribution in [2.45, 2.75) is 34.2 Å². The number of nitrogens with zero attached hydrogens (tertiary/aromatic N) is 1. The third kappa shape index (κ3) is 4.40. The van der Waals surface area contributed by atoms with Crippen molar-refractivity contribution in [1.29, 1.82) is 0 Å². The number of carbonyl (C=O) groups excluding carboxylic acids is 1. The van der Waals surface area contributed by atoms with Gasteiger partial charge in [0.1, 0.15) is 0 Å². The van der Waals surface area contributed by atoms with Gasteiger partial charge in [0.25, 0.3) is 5.91 Å². The number of rotatable bonds is 4. The van der Waals surface area contributed by atoms with E-state index in [0.29, 0.717) is 4.88 Å². The van der Waals surface area contributed by atoms with E-state index in [4.69, 9.17) is 5.84 Å². The monoisotopic (exact) mass is 269 g/mol. The number of amides is 1. The van der Waals surface area contributed by atoms with Gasteiger partial charge in [0.2, 0.25) is 0 Å². The topological polar surface area (TPSA) is 58.4 Å². The second-order valence-electron chi connectivity index (χ2n) is 5.90. The van der Waals surface area contributed by atoms with E-state index in [1.54, 1.807) is 0 Å². The van der Waals surface area contributed by atoms with Crippen LogP contribution in [0.2, 0.25) is 0 Å². The number of hydrogen-bond donors (Lipinski definition) is 2. The first-order chi connectivity index (χ1) is 8.23. The van der Waals surface area contributed by atoms with Crippen molar-refractivity contribution in [2.24, 2.45) is 11.3 Å². The zero-order chi connectivity index (χ0) is 13.9. The molecule has 102 valence electrons. The van der Waals surface area contributed by atoms with Gasteiger partial charge in [-0.1, -0.05) is 20.8 Å². The lowest BCUT2D eigenvalue weighted by molar-refractivity contribution is 0.0957. The molecule has 1 heterocycles. The van der Waals surface area contributed by atoms with Crippen LogP contribution in [0.15, 0.2) is 6.07 Å². The van der Waals surface area contributed by atoms with Gasteiger partial charge >= 0.3 is 0 Å². The van der Waals surface area contributed by atoms with E-state index in [9.17, 15) is 4.79 Å². The van der Waals surface area contributed by atoms with Crippen LogP contribution in [0.3, 0.4) is 0 Å². The van der Waals surface area contributed by atoms with Crippen LogP contribution in [0.25, 0.3) is 0 Å². The molecule has 0 radical (unpaired) electrons. The molecular formula is C13H23N3OS. The van der Waals surface area contributed by atoms with Crippen LogP contribution >= 0.6 is 11.3 Å². The van der Waals surface area contributed by atoms with Crippen LogP contribution in [0.4, 0.5) is 0 Å². The first-order valence-electron chi connectivity index (χ1n) is 6.02. The van der Waals surface area contributed by atoms with Gasteiger partial charge in [0.05, 0.1) is 4.88 Å². The Balaban J connectivity index is 2.73. The van der Waals surface area contributed by atoms with Crippen molar-refractivity contribution in [2.75, 3.05) is 13.6 Å². The number of hydrogen-bond acceptors (Lipinski definition) is 4. The van der Waals surface area contributed by atoms with Crippen molar-refractivity contribution >= 4 is 17.2 Å². The molecular weight excluding hydrogens is 246 g/mol. The minimum atomic E-state index is -0.215. The number of hydrazine groups is 1. The molecule has 0 saturated carbocycles. The summed E-state index contributed by atoms with van der Waals surface area (Å²) in [5.41, 5.74) is 3.64. The molecule has 0 aliphatic rings. The van der Waals surface area contributed by atoms with Gasteiger partial charge in [-0.25, -0.2) is 5.84 Å². The Morgan fingerprint density at radius 1 is 1.50 bits per heavy atom. The van der Waals surface area contributed by atoms with E-state index in [2.05, 4.69) is 38.1 Å². The minimum Gasteiger partial charge on any atom is -0.302 e. The maximum absolute atomic E-state index is 11.5. The van der Waals surface area contributed by atoms with Crippen molar-refractivity contribution in [3.8, 4) is 0 Å². The van der Waals surface area contributed by atoms with E-state index >= 15 is 0 Å². The Hall–Kier alpha value is -0.910. The normalized spacial score (nSPS) is 11.9. The summed E-state index contributed by atoms with van der Waals surface area (Å²) in [6.45, 7) is 10.6. The zero-order valence-electron chi connectivity index (χ0n) is 11.8. The second-order valence-corrected chi connectivity index (χ2v) is 7.15. The number of nitrogens with two attached hydrogens (primary N) is 1. The van der Waals surface area contributed by atoms with Crippen molar-refractivity contribution in [3.63, 3.8) is 0 Å². The smallest absolute Gasteiger partial charge is 0.275 e. The summed E-state index contributed by atoms with van der Waals surface area (Å²) in [6, 6.07) is 1.93. The average molecular weight is 269 g/mol. The molecule has 0 aliphatic heterocycles. The summed E-state index contributed by atoms with van der Waals surface area (Å²) in [6.07, 6.45) is 0. The minimum absolute atomic E-state index is 0.215. The molecule has 3 N–H and O–H groups in total. The maximum Gasteiger partial charge on any atom is 0.275 e. The van der Waals surface area contributed by atoms with E-state index in [1.807, 2.05) is 13.0 Å². The van der Waals surface area contributed by atoms with Crippen molar-refractivity contribution in [1.82, 2.24) is 10.3 Å². The molecule has 0 aliphatic carbocycles. The van der Waals surface area contributed by atoms with Crippen LogP contribution < -0.4 is 11.3 Å². The van der Waals surface area contributed by atoms with E-state index in [0.717, 1.165) is 13.1 Å². The molecule has 1 amide bonds. The second kappa shape index (κ2) is 5.82. The highest BCUT2D eigenvalue weighted by molar-refractivity contribution is 7.14. The molecule has 1 aromatic heterocycles. The summed E-state index contributed by atoms with van der Waals surface area (Å²) >= 11 is 1.49. The van der Waals surface area contributed by atoms with Crippen LogP contribution in [-0.2, 0) is 6.54 Å². The molecule has 1 rings (SSSR count). The molecule has 0 bridgehead atoms. The average Bonchev–Trinajstić information content (AvgIpc) is 2.56. The first kappa shape index (κ1) is 15.1. The van der Waals surface area contributed by atoms with E-state index in [-0.39, 0.29) is 11.3 Å². The lowest BCUT2D eigenvalue weighted by Gasteiger charge is -2.26. The molecule has 0 atom stereocenters. The predicted octanol–water partition coefficient (Wildman–Crippen LogP) is 2.14. The number of carbonyl (C=O) groups is 1. The Morgan fingerprint density at radius 2 is 2.11 bits per heavy atom. The van der Waals surface area contributed by atoms with Gasteiger partial charge in [-0.05, 0) is 31.0 Å². The van der Waals surface area contributed by atoms with Crippen LogP contribution in [-0.4, -0.2) is 24.4 Å². The van der Waals surface area contributed by atoms with Gasteiger partial charge in [-0.15, -0.1) is 11.3 Å². The van der Waals surface area contributed by atoms with Crippen LogP contribution in [0.1, 0.15) is 40.9 Å². The number of nitrogens with one attached hydrogen (secondary N) is 1. The Kier molecular flexibility index (Phi) is 4.90. The Morgan fingerprint density at radius 3 is 2.61 bits per heavy atom. The van der Waals surface area contributed by atoms with Crippen LogP contribution in [0.5, 0.6) is 0 Å². The Bertz CT molecular complexity index is 420. The number of nitrogen functional groups attached to an aromatic ring is 1. The molecule has 4 nitrogen and oxygen atoms in total. The van der Waals surface area contributed by atoms with Crippen LogP contribution in [0, 0.1) is 12.3 Å². The fourth-order valence-corrected chi connectivity index (χ4v) is 2.95. The Labute approximate surface area is 113 Å². The highest BCUT2D eigenvalue weighted by atomic mass is 32.1. The SMILES string of the molecule is Cc1sc(C(=O)NN)cc1CN(C)CC(C)(C)C. The molecule has 5 heteroatoms. The molecule has 0 fully saturated rings. The van der Waals surface area contributed by atoms with E-state index in [1.165, 1.54) is 21.8 Å². The highest BCUT2D eigenvalue weighted by Crippen LogP contribution is 2.24. The van der Waals surface area contributed by atoms with Crippen molar-refractivity contribution < 1.29 is 4.79 Å². The standard InChI is InChI=1S/C13H23N3OS/c1-9-10(6-11(18-9)12(17)15-14)7-16(5)8-13(2,3)4/h6H,7-8,14H2,1-5H3,(H,15,17). The molecule has 0 aromatic carbocycles. The zero-order valence-corrected chi connectivity index (χ0v) is 12.6. The quantitative estimate of drug-likeness (QED) is 0.500. The molecule has 0 unspecified atom stereocenters. The molecule has 0 saturated heterocycles. The van der Waals surface area contributed by atoms with Gasteiger partial charge in [0.15, 0.2) is 0 Å². The first-order valence-corrected chi connectivity index (χ1v) is 6.83. The molecule has 0 spiro atoms. The summed E-state index contributed by atoms with van der Waals surface area (Å²) in [5.74, 6) is 4.93. The van der Waals surface area contributed by atoms with Gasteiger partial charge in [-0.2, -0.15) is 0 Å². The largest absolute Gasteiger partial charge is 0.302 e. The summed E-state index contributed by atoms with van der Waals surface area (Å²) in [5, 5.41) is 0. The van der Waals surface area contributed by atoms with Gasteiger partial charge in [0, 0.05) is 18.0 Å². The number of aryl methyl sites for hydroxylation is 1.